The lowest BCUT2D eigenvalue weighted by Crippen LogP contribution is -2.33. The molecule has 1 aliphatic rings. The van der Waals surface area contributed by atoms with Crippen LogP contribution >= 0.6 is 0 Å². The normalized spacial score (nSPS) is 20.3. The first-order valence-electron chi connectivity index (χ1n) is 6.77. The maximum absolute atomic E-state index is 12.8. The van der Waals surface area contributed by atoms with E-state index in [0.29, 0.717) is 5.82 Å². The third-order valence-electron chi connectivity index (χ3n) is 3.36. The van der Waals surface area contributed by atoms with Crippen molar-refractivity contribution in [1.82, 2.24) is 9.78 Å². The Bertz CT molecular complexity index is 661. The number of amides is 1. The number of aryl methyl sites for hydroxylation is 1. The van der Waals surface area contributed by atoms with Crippen molar-refractivity contribution in [3.63, 3.8) is 0 Å². The van der Waals surface area contributed by atoms with E-state index < -0.39 is 21.9 Å². The van der Waals surface area contributed by atoms with Gasteiger partial charge in [-0.1, -0.05) is 0 Å². The molecule has 2 rings (SSSR count). The molecule has 0 spiro atoms. The number of hydrogen-bond donors (Lipinski definition) is 0. The summed E-state index contributed by atoms with van der Waals surface area (Å²) in [7, 11) is -4.57. The van der Waals surface area contributed by atoms with E-state index in [9.17, 15) is 17.1 Å². The van der Waals surface area contributed by atoms with Gasteiger partial charge in [0, 0.05) is 24.9 Å². The van der Waals surface area contributed by atoms with Gasteiger partial charge < -0.3 is 0 Å². The number of carbonyl (C=O) groups excluding carboxylic acids is 1. The maximum atomic E-state index is 12.8. The molecule has 1 atom stereocenters. The highest BCUT2D eigenvalue weighted by molar-refractivity contribution is 7.86. The van der Waals surface area contributed by atoms with Gasteiger partial charge in [0.2, 0.25) is 5.91 Å². The molecule has 0 aliphatic carbocycles. The molecular weight excluding hydrogens is 297 g/mol. The van der Waals surface area contributed by atoms with Crippen LogP contribution in [-0.4, -0.2) is 36.4 Å². The number of carbonyl (C=O) groups is 1. The lowest BCUT2D eigenvalue weighted by Gasteiger charge is -2.26. The number of nitrogens with zero attached hydrogens (tertiary/aromatic N) is 3. The summed E-state index contributed by atoms with van der Waals surface area (Å²) in [6.45, 7) is 7.92. The van der Waals surface area contributed by atoms with Crippen LogP contribution in [0.15, 0.2) is 6.07 Å². The minimum atomic E-state index is -4.57. The predicted molar refractivity (Wildman–Crippen MR) is 77.3 cm³/mol. The van der Waals surface area contributed by atoms with Gasteiger partial charge in [0.25, 0.3) is 0 Å². The molecule has 8 heteroatoms. The van der Waals surface area contributed by atoms with E-state index in [1.54, 1.807) is 10.7 Å². The van der Waals surface area contributed by atoms with Crippen molar-refractivity contribution in [1.29, 1.82) is 0 Å². The molecule has 1 unspecified atom stereocenters. The lowest BCUT2D eigenvalue weighted by atomic mass is 10.1. The molecule has 118 valence electrons. The average molecular weight is 317 g/mol. The average Bonchev–Trinajstić information content (AvgIpc) is 2.78. The number of rotatable bonds is 3. The van der Waals surface area contributed by atoms with Gasteiger partial charge in [-0.25, -0.2) is 4.68 Å². The number of anilines is 1. The van der Waals surface area contributed by atoms with E-state index in [1.165, 1.54) is 4.90 Å². The summed E-state index contributed by atoms with van der Waals surface area (Å²) >= 11 is 0. The fraction of sp³-hybridized carbons (Fsp3) is 0.692. The number of aromatic nitrogens is 2. The van der Waals surface area contributed by atoms with Gasteiger partial charge in [-0.2, -0.15) is 13.5 Å². The molecule has 0 aromatic carbocycles. The SMILES string of the molecule is Cc1cc(N2CC(CS(=O)(=O)F)CC2=O)n(C(C)(C)C)n1. The van der Waals surface area contributed by atoms with Gasteiger partial charge in [-0.3, -0.25) is 9.69 Å². The predicted octanol–water partition coefficient (Wildman–Crippen LogP) is 1.60. The minimum absolute atomic E-state index is 0.0392. The lowest BCUT2D eigenvalue weighted by molar-refractivity contribution is -0.117. The summed E-state index contributed by atoms with van der Waals surface area (Å²) in [6.07, 6.45) is 0.0392. The van der Waals surface area contributed by atoms with Crippen molar-refractivity contribution >= 4 is 21.9 Å². The zero-order chi connectivity index (χ0) is 16.0. The van der Waals surface area contributed by atoms with Crippen molar-refractivity contribution in [2.45, 2.75) is 39.7 Å². The standard InChI is InChI=1S/C13H20FN3O3S/c1-9-5-11(17(15-9)13(2,3)4)16-7-10(6-12(16)18)8-21(14,19)20/h5,10H,6-8H2,1-4H3. The summed E-state index contributed by atoms with van der Waals surface area (Å²) in [5.74, 6) is -0.702. The third kappa shape index (κ3) is 3.61. The Morgan fingerprint density at radius 2 is 2.05 bits per heavy atom. The highest BCUT2D eigenvalue weighted by Crippen LogP contribution is 2.30. The van der Waals surface area contributed by atoms with Crippen molar-refractivity contribution in [2.75, 3.05) is 17.2 Å². The maximum Gasteiger partial charge on any atom is 0.302 e. The van der Waals surface area contributed by atoms with Crippen LogP contribution in [0.4, 0.5) is 9.70 Å². The Kier molecular flexibility index (Phi) is 3.86. The Morgan fingerprint density at radius 1 is 1.43 bits per heavy atom. The van der Waals surface area contributed by atoms with Crippen LogP contribution in [0.25, 0.3) is 0 Å². The largest absolute Gasteiger partial charge is 0.302 e. The molecule has 1 aromatic rings. The monoisotopic (exact) mass is 317 g/mol. The molecule has 0 N–H and O–H groups in total. The highest BCUT2D eigenvalue weighted by Gasteiger charge is 2.36. The fourth-order valence-electron chi connectivity index (χ4n) is 2.57. The van der Waals surface area contributed by atoms with Crippen LogP contribution in [0.5, 0.6) is 0 Å². The second-order valence-electron chi connectivity index (χ2n) is 6.51. The second kappa shape index (κ2) is 5.08. The molecule has 1 aromatic heterocycles. The van der Waals surface area contributed by atoms with E-state index in [0.717, 1.165) is 5.69 Å². The first-order chi connectivity index (χ1) is 9.47. The van der Waals surface area contributed by atoms with Gasteiger partial charge in [-0.05, 0) is 27.7 Å². The van der Waals surface area contributed by atoms with Crippen molar-refractivity contribution < 1.29 is 17.1 Å². The van der Waals surface area contributed by atoms with Crippen molar-refractivity contribution in [3.8, 4) is 0 Å². The van der Waals surface area contributed by atoms with Crippen molar-refractivity contribution in [3.05, 3.63) is 11.8 Å². The van der Waals surface area contributed by atoms with Gasteiger partial charge >= 0.3 is 10.2 Å². The van der Waals surface area contributed by atoms with Crippen LogP contribution < -0.4 is 4.90 Å². The van der Waals surface area contributed by atoms with Gasteiger partial charge in [0.1, 0.15) is 5.82 Å². The zero-order valence-corrected chi connectivity index (χ0v) is 13.4. The summed E-state index contributed by atoms with van der Waals surface area (Å²) in [5, 5.41) is 4.39. The molecule has 0 saturated carbocycles. The number of halogens is 1. The Balaban J connectivity index is 2.30. The fourth-order valence-corrected chi connectivity index (χ4v) is 3.35. The molecule has 0 radical (unpaired) electrons. The van der Waals surface area contributed by atoms with Crippen molar-refractivity contribution in [2.24, 2.45) is 5.92 Å². The molecule has 1 aliphatic heterocycles. The van der Waals surface area contributed by atoms with E-state index in [4.69, 9.17) is 0 Å². The summed E-state index contributed by atoms with van der Waals surface area (Å²) < 4.78 is 36.0. The smallest absolute Gasteiger partial charge is 0.297 e. The molecular formula is C13H20FN3O3S. The highest BCUT2D eigenvalue weighted by atomic mass is 32.3. The van der Waals surface area contributed by atoms with E-state index >= 15 is 0 Å². The first-order valence-corrected chi connectivity index (χ1v) is 8.32. The van der Waals surface area contributed by atoms with Crippen LogP contribution in [0.3, 0.4) is 0 Å². The van der Waals surface area contributed by atoms with Crippen LogP contribution in [0.1, 0.15) is 32.9 Å². The summed E-state index contributed by atoms with van der Waals surface area (Å²) in [4.78, 5) is 13.6. The minimum Gasteiger partial charge on any atom is -0.297 e. The molecule has 6 nitrogen and oxygen atoms in total. The Morgan fingerprint density at radius 3 is 2.57 bits per heavy atom. The van der Waals surface area contributed by atoms with Crippen LogP contribution in [-0.2, 0) is 20.6 Å². The van der Waals surface area contributed by atoms with E-state index in [2.05, 4.69) is 5.10 Å². The topological polar surface area (TPSA) is 72.3 Å². The van der Waals surface area contributed by atoms with Crippen LogP contribution in [0, 0.1) is 12.8 Å². The third-order valence-corrected chi connectivity index (χ3v) is 4.23. The van der Waals surface area contributed by atoms with Gasteiger partial charge in [0.05, 0.1) is 17.0 Å². The Hall–Kier alpha value is -1.44. The quantitative estimate of drug-likeness (QED) is 0.794. The molecule has 1 fully saturated rings. The molecule has 1 amide bonds. The summed E-state index contributed by atoms with van der Waals surface area (Å²) in [5.41, 5.74) is 0.461. The zero-order valence-electron chi connectivity index (χ0n) is 12.6. The molecule has 21 heavy (non-hydrogen) atoms. The number of hydrogen-bond acceptors (Lipinski definition) is 4. The van der Waals surface area contributed by atoms with E-state index in [1.807, 2.05) is 27.7 Å². The van der Waals surface area contributed by atoms with Gasteiger partial charge in [0.15, 0.2) is 0 Å². The Labute approximate surface area is 124 Å². The molecule has 0 bridgehead atoms. The van der Waals surface area contributed by atoms with Crippen LogP contribution in [0.2, 0.25) is 0 Å². The molecule has 2 heterocycles. The summed E-state index contributed by atoms with van der Waals surface area (Å²) in [6, 6.07) is 1.79. The van der Waals surface area contributed by atoms with Gasteiger partial charge in [-0.15, -0.1) is 3.89 Å². The first kappa shape index (κ1) is 15.9. The van der Waals surface area contributed by atoms with E-state index in [-0.39, 0.29) is 24.4 Å². The molecule has 1 saturated heterocycles. The second-order valence-corrected chi connectivity index (χ2v) is 7.92.